The van der Waals surface area contributed by atoms with E-state index in [2.05, 4.69) is 24.9 Å². The summed E-state index contributed by atoms with van der Waals surface area (Å²) in [5.74, 6) is -1.22. The number of anilines is 1. The van der Waals surface area contributed by atoms with Crippen LogP contribution in [0.2, 0.25) is 0 Å². The van der Waals surface area contributed by atoms with Crippen LogP contribution in [-0.2, 0) is 14.8 Å². The van der Waals surface area contributed by atoms with E-state index in [-0.39, 0.29) is 17.7 Å². The number of ether oxygens (including phenoxy) is 1. The van der Waals surface area contributed by atoms with Crippen molar-refractivity contribution in [2.24, 2.45) is 0 Å². The van der Waals surface area contributed by atoms with Gasteiger partial charge in [-0.25, -0.2) is 22.2 Å². The van der Waals surface area contributed by atoms with E-state index in [4.69, 9.17) is 4.74 Å². The van der Waals surface area contributed by atoms with E-state index in [1.165, 1.54) is 12.1 Å². The Bertz CT molecular complexity index is 1620. The van der Waals surface area contributed by atoms with Gasteiger partial charge in [-0.2, -0.15) is 10.1 Å². The number of fused-ring (bicyclic) bond motifs is 1. The molecule has 0 atom stereocenters. The predicted molar refractivity (Wildman–Crippen MR) is 135 cm³/mol. The maximum absolute atomic E-state index is 14.0. The molecule has 0 aliphatic carbocycles. The normalized spacial score (nSPS) is 14.6. The lowest BCUT2D eigenvalue weighted by molar-refractivity contribution is -0.130. The number of carbonyl (C=O) groups is 1. The molecule has 13 heteroatoms. The van der Waals surface area contributed by atoms with Crippen LogP contribution in [0.3, 0.4) is 0 Å². The van der Waals surface area contributed by atoms with E-state index >= 15 is 0 Å². The quantitative estimate of drug-likeness (QED) is 0.379. The van der Waals surface area contributed by atoms with Crippen molar-refractivity contribution in [3.8, 4) is 17.3 Å². The van der Waals surface area contributed by atoms with E-state index in [0.717, 1.165) is 17.8 Å². The number of carbonyl (C=O) groups excluding carboxylic acids is 1. The van der Waals surface area contributed by atoms with E-state index in [1.54, 1.807) is 24.0 Å². The molecule has 1 aliphatic rings. The second kappa shape index (κ2) is 9.97. The van der Waals surface area contributed by atoms with Gasteiger partial charge in [-0.1, -0.05) is 0 Å². The van der Waals surface area contributed by atoms with Gasteiger partial charge >= 0.3 is 0 Å². The summed E-state index contributed by atoms with van der Waals surface area (Å²) in [5.41, 5.74) is 1.86. The molecule has 3 heterocycles. The molecule has 38 heavy (non-hydrogen) atoms. The Balaban J connectivity index is 1.39. The van der Waals surface area contributed by atoms with Crippen LogP contribution in [0.25, 0.3) is 22.4 Å². The zero-order valence-electron chi connectivity index (χ0n) is 20.5. The van der Waals surface area contributed by atoms with Gasteiger partial charge in [0, 0.05) is 49.8 Å². The van der Waals surface area contributed by atoms with Crippen LogP contribution < -0.4 is 9.46 Å². The summed E-state index contributed by atoms with van der Waals surface area (Å²) in [7, 11) is -4.36. The van der Waals surface area contributed by atoms with Crippen molar-refractivity contribution in [1.82, 2.24) is 25.1 Å². The van der Waals surface area contributed by atoms with E-state index in [0.29, 0.717) is 60.3 Å². The van der Waals surface area contributed by atoms with Crippen LogP contribution in [0, 0.1) is 18.6 Å². The van der Waals surface area contributed by atoms with Crippen LogP contribution in [0.15, 0.2) is 47.4 Å². The summed E-state index contributed by atoms with van der Waals surface area (Å²) < 4.78 is 61.1. The standard InChI is InChI=1S/C25H24F2N6O4S/c1-14-22-24(31-30-14)28-23(29-25(22)37-19-9-11-33(12-10-19)15(2)34)16-3-6-18(7-4-16)32-38(35,36)21-13-17(26)5-8-20(21)27/h3-8,13,19,32H,9-12H2,1-2H3,(H,28,29,30,31). The van der Waals surface area contributed by atoms with Gasteiger partial charge in [0.15, 0.2) is 11.5 Å². The van der Waals surface area contributed by atoms with Gasteiger partial charge in [0.25, 0.3) is 10.0 Å². The van der Waals surface area contributed by atoms with Gasteiger partial charge in [-0.3, -0.25) is 14.6 Å². The number of amides is 1. The maximum atomic E-state index is 14.0. The van der Waals surface area contributed by atoms with Crippen molar-refractivity contribution >= 4 is 32.7 Å². The summed E-state index contributed by atoms with van der Waals surface area (Å²) in [6.07, 6.45) is 1.20. The monoisotopic (exact) mass is 542 g/mol. The van der Waals surface area contributed by atoms with Crippen molar-refractivity contribution in [3.63, 3.8) is 0 Å². The van der Waals surface area contributed by atoms with E-state index in [1.807, 2.05) is 6.92 Å². The Labute approximate surface area is 217 Å². The molecule has 1 saturated heterocycles. The third-order valence-electron chi connectivity index (χ3n) is 6.30. The number of halogens is 2. The van der Waals surface area contributed by atoms with Crippen LogP contribution in [0.5, 0.6) is 5.88 Å². The Kier molecular flexibility index (Phi) is 6.69. The lowest BCUT2D eigenvalue weighted by atomic mass is 10.1. The summed E-state index contributed by atoms with van der Waals surface area (Å²) in [6, 6.07) is 8.33. The number of rotatable bonds is 6. The maximum Gasteiger partial charge on any atom is 0.264 e. The third kappa shape index (κ3) is 5.14. The van der Waals surface area contributed by atoms with Gasteiger partial charge in [0.2, 0.25) is 11.8 Å². The molecule has 0 bridgehead atoms. The Hall–Kier alpha value is -4.13. The highest BCUT2D eigenvalue weighted by molar-refractivity contribution is 7.92. The fraction of sp³-hybridized carbons (Fsp3) is 0.280. The minimum absolute atomic E-state index is 0.0349. The first kappa shape index (κ1) is 25.5. The molecular weight excluding hydrogens is 518 g/mol. The molecule has 0 spiro atoms. The van der Waals surface area contributed by atoms with Gasteiger partial charge in [0.1, 0.15) is 28.0 Å². The number of hydrogen-bond donors (Lipinski definition) is 2. The third-order valence-corrected chi connectivity index (χ3v) is 7.70. The molecule has 0 radical (unpaired) electrons. The van der Waals surface area contributed by atoms with Crippen molar-refractivity contribution in [3.05, 3.63) is 59.8 Å². The minimum atomic E-state index is -4.36. The smallest absolute Gasteiger partial charge is 0.264 e. The molecule has 2 aromatic carbocycles. The first-order chi connectivity index (χ1) is 18.1. The number of aromatic amines is 1. The molecule has 0 unspecified atom stereocenters. The second-order valence-electron chi connectivity index (χ2n) is 8.98. The number of aromatic nitrogens is 4. The van der Waals surface area contributed by atoms with Crippen LogP contribution >= 0.6 is 0 Å². The SMILES string of the molecule is CC(=O)N1CCC(Oc2nc(-c3ccc(NS(=O)(=O)c4cc(F)ccc4F)cc3)nc3n[nH]c(C)c23)CC1. The molecular formula is C25H24F2N6O4S. The van der Waals surface area contributed by atoms with Crippen LogP contribution in [-0.4, -0.2) is 58.6 Å². The van der Waals surface area contributed by atoms with Crippen molar-refractivity contribution in [1.29, 1.82) is 0 Å². The fourth-order valence-electron chi connectivity index (χ4n) is 4.27. The topological polar surface area (TPSA) is 130 Å². The zero-order valence-corrected chi connectivity index (χ0v) is 21.3. The predicted octanol–water partition coefficient (Wildman–Crippen LogP) is 3.80. The van der Waals surface area contributed by atoms with Crippen LogP contribution in [0.1, 0.15) is 25.5 Å². The molecule has 1 amide bonds. The number of piperidine rings is 1. The highest BCUT2D eigenvalue weighted by Crippen LogP contribution is 2.30. The fourth-order valence-corrected chi connectivity index (χ4v) is 5.42. The molecule has 2 aromatic heterocycles. The first-order valence-corrected chi connectivity index (χ1v) is 13.3. The molecule has 4 aromatic rings. The van der Waals surface area contributed by atoms with Crippen LogP contribution in [0.4, 0.5) is 14.5 Å². The molecule has 1 fully saturated rings. The highest BCUT2D eigenvalue weighted by atomic mass is 32.2. The average molecular weight is 543 g/mol. The summed E-state index contributed by atoms with van der Waals surface area (Å²) in [5, 5.41) is 7.79. The Morgan fingerprint density at radius 3 is 2.50 bits per heavy atom. The number of benzene rings is 2. The van der Waals surface area contributed by atoms with Gasteiger partial charge < -0.3 is 9.64 Å². The number of aryl methyl sites for hydroxylation is 1. The molecule has 10 nitrogen and oxygen atoms in total. The molecule has 2 N–H and O–H groups in total. The molecule has 198 valence electrons. The number of likely N-dealkylation sites (tertiary alicyclic amines) is 1. The average Bonchev–Trinajstić information content (AvgIpc) is 3.26. The molecule has 0 saturated carbocycles. The van der Waals surface area contributed by atoms with Crippen molar-refractivity contribution < 1.29 is 26.7 Å². The number of nitrogens with one attached hydrogen (secondary N) is 2. The minimum Gasteiger partial charge on any atom is -0.474 e. The highest BCUT2D eigenvalue weighted by Gasteiger charge is 2.25. The van der Waals surface area contributed by atoms with Crippen molar-refractivity contribution in [2.75, 3.05) is 17.8 Å². The number of hydrogen-bond acceptors (Lipinski definition) is 7. The second-order valence-corrected chi connectivity index (χ2v) is 10.6. The summed E-state index contributed by atoms with van der Waals surface area (Å²) in [4.78, 5) is 21.8. The molecule has 1 aliphatic heterocycles. The lowest BCUT2D eigenvalue weighted by Crippen LogP contribution is -2.40. The number of H-pyrrole nitrogens is 1. The molecule has 5 rings (SSSR count). The number of sulfonamides is 1. The number of nitrogens with zero attached hydrogens (tertiary/aromatic N) is 4. The summed E-state index contributed by atoms with van der Waals surface area (Å²) >= 11 is 0. The van der Waals surface area contributed by atoms with E-state index < -0.39 is 26.6 Å². The Morgan fingerprint density at radius 2 is 1.82 bits per heavy atom. The summed E-state index contributed by atoms with van der Waals surface area (Å²) in [6.45, 7) is 4.59. The van der Waals surface area contributed by atoms with Gasteiger partial charge in [-0.15, -0.1) is 0 Å². The van der Waals surface area contributed by atoms with Gasteiger partial charge in [0.05, 0.1) is 0 Å². The van der Waals surface area contributed by atoms with Gasteiger partial charge in [-0.05, 0) is 49.4 Å². The Morgan fingerprint density at radius 1 is 1.11 bits per heavy atom. The van der Waals surface area contributed by atoms with E-state index in [9.17, 15) is 22.0 Å². The van der Waals surface area contributed by atoms with Crippen molar-refractivity contribution in [2.45, 2.75) is 37.7 Å². The zero-order chi connectivity index (χ0) is 27.0. The largest absolute Gasteiger partial charge is 0.474 e. The lowest BCUT2D eigenvalue weighted by Gasteiger charge is -2.31. The first-order valence-electron chi connectivity index (χ1n) is 11.8.